The SMILES string of the molecule is O=C(NNS(=O)(=O)c1ccccc1F)c1cccc(-c2ccnnc2)c1. The molecule has 2 N–H and O–H groups in total. The van der Waals surface area contributed by atoms with Crippen molar-refractivity contribution in [2.75, 3.05) is 0 Å². The van der Waals surface area contributed by atoms with Crippen molar-refractivity contribution in [3.05, 3.63) is 78.4 Å². The van der Waals surface area contributed by atoms with Crippen LogP contribution in [0.25, 0.3) is 11.1 Å². The van der Waals surface area contributed by atoms with Crippen LogP contribution >= 0.6 is 0 Å². The monoisotopic (exact) mass is 372 g/mol. The van der Waals surface area contributed by atoms with E-state index in [1.165, 1.54) is 30.6 Å². The highest BCUT2D eigenvalue weighted by Gasteiger charge is 2.19. The number of carbonyl (C=O) groups excluding carboxylic acids is 1. The van der Waals surface area contributed by atoms with Crippen LogP contribution in [0.15, 0.2) is 71.9 Å². The number of benzene rings is 2. The maximum atomic E-state index is 13.6. The summed E-state index contributed by atoms with van der Waals surface area (Å²) in [7, 11) is -4.23. The van der Waals surface area contributed by atoms with Crippen LogP contribution in [0.4, 0.5) is 4.39 Å². The van der Waals surface area contributed by atoms with E-state index in [2.05, 4.69) is 15.6 Å². The predicted molar refractivity (Wildman–Crippen MR) is 91.7 cm³/mol. The van der Waals surface area contributed by atoms with Gasteiger partial charge in [-0.1, -0.05) is 24.3 Å². The molecule has 0 aliphatic carbocycles. The van der Waals surface area contributed by atoms with Crippen molar-refractivity contribution >= 4 is 15.9 Å². The average Bonchev–Trinajstić information content (AvgIpc) is 2.67. The molecule has 0 atom stereocenters. The summed E-state index contributed by atoms with van der Waals surface area (Å²) in [5.74, 6) is -1.60. The topological polar surface area (TPSA) is 101 Å². The molecule has 7 nitrogen and oxygen atoms in total. The quantitative estimate of drug-likeness (QED) is 0.666. The Hall–Kier alpha value is -3.17. The molecule has 0 saturated carbocycles. The Bertz CT molecular complexity index is 1040. The van der Waals surface area contributed by atoms with E-state index in [9.17, 15) is 17.6 Å². The third-order valence-electron chi connectivity index (χ3n) is 3.47. The second-order valence-corrected chi connectivity index (χ2v) is 6.85. The molecule has 2 aromatic carbocycles. The van der Waals surface area contributed by atoms with Gasteiger partial charge in [-0.3, -0.25) is 10.2 Å². The first kappa shape index (κ1) is 17.6. The van der Waals surface area contributed by atoms with E-state index >= 15 is 0 Å². The van der Waals surface area contributed by atoms with Crippen molar-refractivity contribution in [1.82, 2.24) is 20.5 Å². The lowest BCUT2D eigenvalue weighted by molar-refractivity contribution is 0.0945. The summed E-state index contributed by atoms with van der Waals surface area (Å²) < 4.78 is 37.8. The molecule has 0 unspecified atom stereocenters. The van der Waals surface area contributed by atoms with Crippen LogP contribution in [0.1, 0.15) is 10.4 Å². The van der Waals surface area contributed by atoms with Gasteiger partial charge in [0.2, 0.25) is 0 Å². The van der Waals surface area contributed by atoms with E-state index in [1.807, 2.05) is 4.83 Å². The van der Waals surface area contributed by atoms with Crippen LogP contribution in [-0.2, 0) is 10.0 Å². The fraction of sp³-hybridized carbons (Fsp3) is 0. The summed E-state index contributed by atoms with van der Waals surface area (Å²) in [4.78, 5) is 13.6. The highest BCUT2D eigenvalue weighted by Crippen LogP contribution is 2.19. The van der Waals surface area contributed by atoms with E-state index in [0.717, 1.165) is 17.7 Å². The Morgan fingerprint density at radius 1 is 0.962 bits per heavy atom. The van der Waals surface area contributed by atoms with Crippen LogP contribution in [-0.4, -0.2) is 24.5 Å². The Kier molecular flexibility index (Phi) is 5.01. The van der Waals surface area contributed by atoms with Crippen LogP contribution in [0, 0.1) is 5.82 Å². The zero-order valence-electron chi connectivity index (χ0n) is 13.3. The van der Waals surface area contributed by atoms with Gasteiger partial charge in [0.15, 0.2) is 0 Å². The van der Waals surface area contributed by atoms with E-state index in [4.69, 9.17) is 0 Å². The molecule has 0 fully saturated rings. The maximum Gasteiger partial charge on any atom is 0.266 e. The molecule has 0 radical (unpaired) electrons. The molecule has 1 heterocycles. The second kappa shape index (κ2) is 7.38. The minimum atomic E-state index is -4.23. The zero-order chi connectivity index (χ0) is 18.6. The Morgan fingerprint density at radius 2 is 1.77 bits per heavy atom. The lowest BCUT2D eigenvalue weighted by Gasteiger charge is -2.10. The van der Waals surface area contributed by atoms with Crippen LogP contribution in [0.2, 0.25) is 0 Å². The fourth-order valence-electron chi connectivity index (χ4n) is 2.20. The third-order valence-corrected chi connectivity index (χ3v) is 4.75. The number of nitrogens with one attached hydrogen (secondary N) is 2. The summed E-state index contributed by atoms with van der Waals surface area (Å²) in [5.41, 5.74) is 3.75. The highest BCUT2D eigenvalue weighted by atomic mass is 32.2. The lowest BCUT2D eigenvalue weighted by Crippen LogP contribution is -2.41. The van der Waals surface area contributed by atoms with E-state index in [1.54, 1.807) is 24.3 Å². The third kappa shape index (κ3) is 3.90. The number of nitrogens with zero attached hydrogens (tertiary/aromatic N) is 2. The first-order chi connectivity index (χ1) is 12.5. The minimum Gasteiger partial charge on any atom is -0.273 e. The summed E-state index contributed by atoms with van der Waals surface area (Å²) in [5, 5.41) is 7.45. The largest absolute Gasteiger partial charge is 0.273 e. The smallest absolute Gasteiger partial charge is 0.266 e. The summed E-state index contributed by atoms with van der Waals surface area (Å²) >= 11 is 0. The second-order valence-electron chi connectivity index (χ2n) is 5.20. The summed E-state index contributed by atoms with van der Waals surface area (Å²) in [6, 6.07) is 13.1. The molecule has 0 saturated heterocycles. The summed E-state index contributed by atoms with van der Waals surface area (Å²) in [6.07, 6.45) is 3.06. The van der Waals surface area contributed by atoms with Crippen LogP contribution in [0.5, 0.6) is 0 Å². The van der Waals surface area contributed by atoms with Crippen molar-refractivity contribution in [1.29, 1.82) is 0 Å². The van der Waals surface area contributed by atoms with Gasteiger partial charge in [-0.15, -0.1) is 4.83 Å². The number of sulfonamides is 1. The molecule has 3 aromatic rings. The Morgan fingerprint density at radius 3 is 2.50 bits per heavy atom. The first-order valence-electron chi connectivity index (χ1n) is 7.41. The Balaban J connectivity index is 1.76. The van der Waals surface area contributed by atoms with Crippen molar-refractivity contribution < 1.29 is 17.6 Å². The van der Waals surface area contributed by atoms with Gasteiger partial charge in [0.05, 0.1) is 12.4 Å². The number of hydrogen-bond acceptors (Lipinski definition) is 5. The van der Waals surface area contributed by atoms with Crippen molar-refractivity contribution in [3.63, 3.8) is 0 Å². The van der Waals surface area contributed by atoms with Crippen LogP contribution < -0.4 is 10.3 Å². The number of carbonyl (C=O) groups is 1. The van der Waals surface area contributed by atoms with Crippen molar-refractivity contribution in [2.45, 2.75) is 4.90 Å². The zero-order valence-corrected chi connectivity index (χ0v) is 14.1. The number of aromatic nitrogens is 2. The van der Waals surface area contributed by atoms with Gasteiger partial charge in [-0.25, -0.2) is 12.8 Å². The molecule has 1 amide bonds. The fourth-order valence-corrected chi connectivity index (χ4v) is 3.12. The van der Waals surface area contributed by atoms with Crippen LogP contribution in [0.3, 0.4) is 0 Å². The molecule has 132 valence electrons. The molecular formula is C17H13FN4O3S. The average molecular weight is 372 g/mol. The van der Waals surface area contributed by atoms with Gasteiger partial charge >= 0.3 is 0 Å². The first-order valence-corrected chi connectivity index (χ1v) is 8.89. The van der Waals surface area contributed by atoms with Gasteiger partial charge in [-0.05, 0) is 35.9 Å². The molecule has 3 rings (SSSR count). The molecule has 9 heteroatoms. The predicted octanol–water partition coefficient (Wildman–Crippen LogP) is 1.91. The minimum absolute atomic E-state index is 0.218. The molecule has 26 heavy (non-hydrogen) atoms. The lowest BCUT2D eigenvalue weighted by atomic mass is 10.1. The van der Waals surface area contributed by atoms with Gasteiger partial charge in [0.1, 0.15) is 10.7 Å². The standard InChI is InChI=1S/C17H13FN4O3S/c18-15-6-1-2-7-16(15)26(24,25)22-21-17(23)13-5-3-4-12(10-13)14-8-9-19-20-11-14/h1-11,22H,(H,21,23). The number of amides is 1. The normalized spacial score (nSPS) is 11.1. The molecule has 0 aliphatic rings. The number of hydrogen-bond donors (Lipinski definition) is 2. The van der Waals surface area contributed by atoms with E-state index in [0.29, 0.717) is 5.56 Å². The van der Waals surface area contributed by atoms with Gasteiger partial charge < -0.3 is 0 Å². The number of halogens is 1. The summed E-state index contributed by atoms with van der Waals surface area (Å²) in [6.45, 7) is 0. The number of hydrazine groups is 1. The van der Waals surface area contributed by atoms with Gasteiger partial charge in [0, 0.05) is 11.1 Å². The molecule has 1 aromatic heterocycles. The Labute approximate surface area is 148 Å². The van der Waals surface area contributed by atoms with E-state index in [-0.39, 0.29) is 5.56 Å². The molecular weight excluding hydrogens is 359 g/mol. The molecule has 0 spiro atoms. The molecule has 0 aliphatic heterocycles. The van der Waals surface area contributed by atoms with Gasteiger partial charge in [-0.2, -0.15) is 10.2 Å². The highest BCUT2D eigenvalue weighted by molar-refractivity contribution is 7.89. The van der Waals surface area contributed by atoms with E-state index < -0.39 is 26.6 Å². The molecule has 0 bridgehead atoms. The van der Waals surface area contributed by atoms with Crippen molar-refractivity contribution in [3.8, 4) is 11.1 Å². The van der Waals surface area contributed by atoms with Gasteiger partial charge in [0.25, 0.3) is 15.9 Å². The van der Waals surface area contributed by atoms with Crippen molar-refractivity contribution in [2.24, 2.45) is 0 Å². The number of rotatable bonds is 5. The maximum absolute atomic E-state index is 13.6.